The van der Waals surface area contributed by atoms with Crippen LogP contribution < -0.4 is 5.73 Å². The SMILES string of the molecule is Nc1cccc2sc3cnccc3c12. The van der Waals surface area contributed by atoms with Crippen LogP contribution in [0, 0.1) is 0 Å². The summed E-state index contributed by atoms with van der Waals surface area (Å²) >= 11 is 1.73. The number of anilines is 1. The zero-order chi connectivity index (χ0) is 9.54. The van der Waals surface area contributed by atoms with E-state index in [1.54, 1.807) is 17.5 Å². The molecule has 0 amide bonds. The van der Waals surface area contributed by atoms with Crippen LogP contribution in [0.2, 0.25) is 0 Å². The van der Waals surface area contributed by atoms with Crippen LogP contribution in [-0.2, 0) is 0 Å². The van der Waals surface area contributed by atoms with E-state index in [4.69, 9.17) is 5.73 Å². The minimum absolute atomic E-state index is 0.847. The number of hydrogen-bond acceptors (Lipinski definition) is 3. The van der Waals surface area contributed by atoms with Crippen LogP contribution in [0.1, 0.15) is 0 Å². The monoisotopic (exact) mass is 200 g/mol. The van der Waals surface area contributed by atoms with Gasteiger partial charge in [0.05, 0.1) is 4.70 Å². The summed E-state index contributed by atoms with van der Waals surface area (Å²) in [7, 11) is 0. The Morgan fingerprint density at radius 1 is 1.14 bits per heavy atom. The zero-order valence-corrected chi connectivity index (χ0v) is 8.21. The second kappa shape index (κ2) is 2.69. The molecule has 3 rings (SSSR count). The number of aromatic nitrogens is 1. The lowest BCUT2D eigenvalue weighted by molar-refractivity contribution is 1.37. The second-order valence-corrected chi connectivity index (χ2v) is 4.28. The first-order valence-corrected chi connectivity index (χ1v) is 5.18. The van der Waals surface area contributed by atoms with Crippen molar-refractivity contribution in [3.8, 4) is 0 Å². The van der Waals surface area contributed by atoms with Crippen LogP contribution >= 0.6 is 11.3 Å². The van der Waals surface area contributed by atoms with Crippen molar-refractivity contribution in [2.75, 3.05) is 5.73 Å². The van der Waals surface area contributed by atoms with Gasteiger partial charge in [-0.25, -0.2) is 0 Å². The molecule has 2 heterocycles. The Kier molecular flexibility index (Phi) is 1.49. The first kappa shape index (κ1) is 7.76. The smallest absolute Gasteiger partial charge is 0.0539 e. The van der Waals surface area contributed by atoms with E-state index in [-0.39, 0.29) is 0 Å². The van der Waals surface area contributed by atoms with Crippen molar-refractivity contribution >= 4 is 37.2 Å². The van der Waals surface area contributed by atoms with Crippen LogP contribution in [0.5, 0.6) is 0 Å². The number of nitrogen functional groups attached to an aromatic ring is 1. The van der Waals surface area contributed by atoms with Crippen molar-refractivity contribution in [3.05, 3.63) is 36.7 Å². The van der Waals surface area contributed by atoms with E-state index < -0.39 is 0 Å². The molecule has 0 spiro atoms. The molecular formula is C11H8N2S. The summed E-state index contributed by atoms with van der Waals surface area (Å²) in [5.74, 6) is 0. The predicted octanol–water partition coefficient (Wildman–Crippen LogP) is 3.03. The van der Waals surface area contributed by atoms with Crippen molar-refractivity contribution in [3.63, 3.8) is 0 Å². The highest BCUT2D eigenvalue weighted by atomic mass is 32.1. The first-order chi connectivity index (χ1) is 6.86. The Labute approximate surface area is 85.0 Å². The van der Waals surface area contributed by atoms with Gasteiger partial charge in [-0.2, -0.15) is 0 Å². The quantitative estimate of drug-likeness (QED) is 0.566. The third-order valence-electron chi connectivity index (χ3n) is 2.33. The van der Waals surface area contributed by atoms with E-state index in [0.717, 1.165) is 11.1 Å². The normalized spacial score (nSPS) is 11.1. The summed E-state index contributed by atoms with van der Waals surface area (Å²) in [5, 5.41) is 2.37. The van der Waals surface area contributed by atoms with Gasteiger partial charge < -0.3 is 5.73 Å². The fourth-order valence-electron chi connectivity index (χ4n) is 1.71. The molecule has 0 aliphatic rings. The molecule has 3 aromatic rings. The molecule has 2 nitrogen and oxygen atoms in total. The summed E-state index contributed by atoms with van der Waals surface area (Å²) in [6.07, 6.45) is 3.69. The van der Waals surface area contributed by atoms with E-state index in [9.17, 15) is 0 Å². The molecule has 0 atom stereocenters. The van der Waals surface area contributed by atoms with E-state index in [1.807, 2.05) is 24.4 Å². The van der Waals surface area contributed by atoms with Gasteiger partial charge in [-0.05, 0) is 18.2 Å². The molecule has 2 N–H and O–H groups in total. The molecule has 0 radical (unpaired) electrons. The highest BCUT2D eigenvalue weighted by Gasteiger charge is 2.06. The van der Waals surface area contributed by atoms with Crippen LogP contribution in [0.3, 0.4) is 0 Å². The molecule has 3 heteroatoms. The summed E-state index contributed by atoms with van der Waals surface area (Å²) < 4.78 is 2.42. The average Bonchev–Trinajstić information content (AvgIpc) is 2.57. The maximum atomic E-state index is 5.95. The lowest BCUT2D eigenvalue weighted by Gasteiger charge is -1.95. The lowest BCUT2D eigenvalue weighted by Crippen LogP contribution is -1.83. The number of pyridine rings is 1. The molecule has 0 aliphatic heterocycles. The largest absolute Gasteiger partial charge is 0.398 e. The molecule has 1 aromatic carbocycles. The van der Waals surface area contributed by atoms with Crippen molar-refractivity contribution in [1.29, 1.82) is 0 Å². The second-order valence-electron chi connectivity index (χ2n) is 3.19. The highest BCUT2D eigenvalue weighted by molar-refractivity contribution is 7.25. The Morgan fingerprint density at radius 2 is 2.07 bits per heavy atom. The predicted molar refractivity (Wildman–Crippen MR) is 61.5 cm³/mol. The molecule has 0 unspecified atom stereocenters. The number of nitrogens with zero attached hydrogens (tertiary/aromatic N) is 1. The maximum absolute atomic E-state index is 5.95. The molecule has 2 aromatic heterocycles. The Balaban J connectivity index is 2.65. The third kappa shape index (κ3) is 0.930. The van der Waals surface area contributed by atoms with E-state index >= 15 is 0 Å². The Morgan fingerprint density at radius 3 is 3.00 bits per heavy atom. The number of benzene rings is 1. The van der Waals surface area contributed by atoms with Gasteiger partial charge in [-0.1, -0.05) is 6.07 Å². The standard InChI is InChI=1S/C11H8N2S/c12-8-2-1-3-9-11(8)7-4-5-13-6-10(7)14-9/h1-6H,12H2. The van der Waals surface area contributed by atoms with Gasteiger partial charge in [0, 0.05) is 33.6 Å². The maximum Gasteiger partial charge on any atom is 0.0539 e. The lowest BCUT2D eigenvalue weighted by atomic mass is 10.1. The molecule has 0 bridgehead atoms. The summed E-state index contributed by atoms with van der Waals surface area (Å²) in [6, 6.07) is 8.04. The van der Waals surface area contributed by atoms with Gasteiger partial charge in [0.2, 0.25) is 0 Å². The molecule has 0 saturated heterocycles. The van der Waals surface area contributed by atoms with Gasteiger partial charge in [0.15, 0.2) is 0 Å². The van der Waals surface area contributed by atoms with Crippen molar-refractivity contribution in [2.24, 2.45) is 0 Å². The van der Waals surface area contributed by atoms with E-state index in [1.165, 1.54) is 14.8 Å². The number of nitrogens with two attached hydrogens (primary N) is 1. The van der Waals surface area contributed by atoms with Crippen molar-refractivity contribution in [1.82, 2.24) is 4.98 Å². The van der Waals surface area contributed by atoms with Crippen LogP contribution in [-0.4, -0.2) is 4.98 Å². The third-order valence-corrected chi connectivity index (χ3v) is 3.44. The minimum atomic E-state index is 0.847. The van der Waals surface area contributed by atoms with Gasteiger partial charge in [-0.3, -0.25) is 4.98 Å². The zero-order valence-electron chi connectivity index (χ0n) is 7.40. The van der Waals surface area contributed by atoms with Crippen molar-refractivity contribution in [2.45, 2.75) is 0 Å². The topological polar surface area (TPSA) is 38.9 Å². The number of thiophene rings is 1. The van der Waals surface area contributed by atoms with Gasteiger partial charge in [0.25, 0.3) is 0 Å². The number of hydrogen-bond donors (Lipinski definition) is 1. The Bertz CT molecular complexity index is 613. The average molecular weight is 200 g/mol. The van der Waals surface area contributed by atoms with Crippen LogP contribution in [0.25, 0.3) is 20.2 Å². The molecule has 0 aliphatic carbocycles. The van der Waals surface area contributed by atoms with Crippen LogP contribution in [0.15, 0.2) is 36.7 Å². The van der Waals surface area contributed by atoms with E-state index in [0.29, 0.717) is 0 Å². The Hall–Kier alpha value is -1.61. The van der Waals surface area contributed by atoms with Crippen molar-refractivity contribution < 1.29 is 0 Å². The summed E-state index contributed by atoms with van der Waals surface area (Å²) in [6.45, 7) is 0. The molecular weight excluding hydrogens is 192 g/mol. The minimum Gasteiger partial charge on any atom is -0.398 e. The van der Waals surface area contributed by atoms with E-state index in [2.05, 4.69) is 11.1 Å². The fourth-order valence-corrected chi connectivity index (χ4v) is 2.81. The summed E-state index contributed by atoms with van der Waals surface area (Å²) in [4.78, 5) is 4.11. The first-order valence-electron chi connectivity index (χ1n) is 4.37. The number of fused-ring (bicyclic) bond motifs is 3. The van der Waals surface area contributed by atoms with Crippen LogP contribution in [0.4, 0.5) is 5.69 Å². The summed E-state index contributed by atoms with van der Waals surface area (Å²) in [5.41, 5.74) is 6.80. The van der Waals surface area contributed by atoms with Gasteiger partial charge in [-0.15, -0.1) is 11.3 Å². The van der Waals surface area contributed by atoms with Gasteiger partial charge >= 0.3 is 0 Å². The molecule has 68 valence electrons. The number of rotatable bonds is 0. The fraction of sp³-hybridized carbons (Fsp3) is 0. The van der Waals surface area contributed by atoms with Gasteiger partial charge in [0.1, 0.15) is 0 Å². The molecule has 0 fully saturated rings. The molecule has 14 heavy (non-hydrogen) atoms. The highest BCUT2D eigenvalue weighted by Crippen LogP contribution is 2.36. The molecule has 0 saturated carbocycles.